The second-order valence-electron chi connectivity index (χ2n) is 8.36. The Labute approximate surface area is 179 Å². The number of fused-ring (bicyclic) bond motifs is 1. The molecule has 1 unspecified atom stereocenters. The Kier molecular flexibility index (Phi) is 4.98. The zero-order chi connectivity index (χ0) is 21.4. The number of ether oxygens (including phenoxy) is 1. The summed E-state index contributed by atoms with van der Waals surface area (Å²) >= 11 is 0. The fourth-order valence-electron chi connectivity index (χ4n) is 4.70. The van der Waals surface area contributed by atoms with Crippen molar-refractivity contribution >= 4 is 22.7 Å². The molecule has 0 radical (unpaired) electrons. The topological polar surface area (TPSA) is 65.6 Å². The van der Waals surface area contributed by atoms with E-state index in [0.29, 0.717) is 44.8 Å². The van der Waals surface area contributed by atoms with E-state index in [1.807, 2.05) is 29.2 Å². The minimum Gasteiger partial charge on any atom is -0.379 e. The molecule has 0 aliphatic carbocycles. The fraction of sp³-hybridized carbons (Fsp3) is 0.333. The quantitative estimate of drug-likeness (QED) is 0.706. The van der Waals surface area contributed by atoms with Crippen LogP contribution >= 0.6 is 0 Å². The van der Waals surface area contributed by atoms with Crippen LogP contribution in [0.2, 0.25) is 0 Å². The first-order valence-corrected chi connectivity index (χ1v) is 10.5. The predicted molar refractivity (Wildman–Crippen MR) is 114 cm³/mol. The van der Waals surface area contributed by atoms with E-state index >= 15 is 0 Å². The Hall–Kier alpha value is -3.19. The van der Waals surface area contributed by atoms with Crippen LogP contribution in [0, 0.1) is 5.82 Å². The number of hydrogen-bond donors (Lipinski definition) is 1. The van der Waals surface area contributed by atoms with Gasteiger partial charge < -0.3 is 19.5 Å². The van der Waals surface area contributed by atoms with Crippen LogP contribution in [0.4, 0.5) is 4.39 Å². The van der Waals surface area contributed by atoms with Gasteiger partial charge in [-0.25, -0.2) is 4.39 Å². The van der Waals surface area contributed by atoms with Crippen LogP contribution in [0.3, 0.4) is 0 Å². The molecule has 2 fully saturated rings. The summed E-state index contributed by atoms with van der Waals surface area (Å²) in [6.07, 6.45) is 2.66. The Morgan fingerprint density at radius 2 is 1.97 bits per heavy atom. The predicted octanol–water partition coefficient (Wildman–Crippen LogP) is 3.34. The Balaban J connectivity index is 1.45. The number of carbonyl (C=O) groups excluding carboxylic acids is 2. The first-order chi connectivity index (χ1) is 15.1. The molecule has 31 heavy (non-hydrogen) atoms. The summed E-state index contributed by atoms with van der Waals surface area (Å²) < 4.78 is 19.1. The van der Waals surface area contributed by atoms with Crippen molar-refractivity contribution in [2.24, 2.45) is 0 Å². The molecule has 1 N–H and O–H groups in total. The highest BCUT2D eigenvalue weighted by molar-refractivity contribution is 6.06. The number of amides is 2. The van der Waals surface area contributed by atoms with Gasteiger partial charge in [0.05, 0.1) is 17.7 Å². The summed E-state index contributed by atoms with van der Waals surface area (Å²) in [7, 11) is 0. The summed E-state index contributed by atoms with van der Waals surface area (Å²) in [5.41, 5.74) is 1.80. The van der Waals surface area contributed by atoms with Crippen molar-refractivity contribution in [2.45, 2.75) is 24.9 Å². The first kappa shape index (κ1) is 19.8. The van der Waals surface area contributed by atoms with Crippen LogP contribution in [0.1, 0.15) is 28.8 Å². The Morgan fingerprint density at radius 3 is 2.74 bits per heavy atom. The van der Waals surface area contributed by atoms with Crippen LogP contribution in [-0.4, -0.2) is 58.4 Å². The van der Waals surface area contributed by atoms with E-state index in [9.17, 15) is 14.0 Å². The molecule has 160 valence electrons. The normalized spacial score (nSPS) is 21.8. The zero-order valence-corrected chi connectivity index (χ0v) is 17.1. The number of nitrogens with zero attached hydrogens (tertiary/aromatic N) is 2. The number of H-pyrrole nitrogens is 1. The van der Waals surface area contributed by atoms with Crippen molar-refractivity contribution in [1.82, 2.24) is 14.8 Å². The molecule has 5 rings (SSSR count). The Bertz CT molecular complexity index is 1120. The lowest BCUT2D eigenvalue weighted by Crippen LogP contribution is -2.56. The summed E-state index contributed by atoms with van der Waals surface area (Å²) in [4.78, 5) is 33.4. The van der Waals surface area contributed by atoms with Gasteiger partial charge in [-0.1, -0.05) is 30.3 Å². The molecule has 3 heterocycles. The van der Waals surface area contributed by atoms with Gasteiger partial charge in [0, 0.05) is 49.8 Å². The molecule has 1 atom stereocenters. The van der Waals surface area contributed by atoms with Gasteiger partial charge in [0.1, 0.15) is 5.82 Å². The summed E-state index contributed by atoms with van der Waals surface area (Å²) in [5, 5.41) is 0.878. The molecule has 7 heteroatoms. The molecule has 0 bridgehead atoms. The molecule has 6 nitrogen and oxygen atoms in total. The minimum absolute atomic E-state index is 0.0101. The molecule has 3 aromatic rings. The van der Waals surface area contributed by atoms with Gasteiger partial charge in [0.2, 0.25) is 5.91 Å². The average Bonchev–Trinajstić information content (AvgIpc) is 3.40. The number of halogens is 1. The first-order valence-electron chi connectivity index (χ1n) is 10.5. The molecular formula is C24H24FN3O3. The second kappa shape index (κ2) is 7.81. The van der Waals surface area contributed by atoms with Gasteiger partial charge in [0.15, 0.2) is 0 Å². The van der Waals surface area contributed by atoms with E-state index in [1.165, 1.54) is 12.1 Å². The number of benzene rings is 2. The van der Waals surface area contributed by atoms with Crippen LogP contribution < -0.4 is 0 Å². The highest BCUT2D eigenvalue weighted by Gasteiger charge is 2.47. The molecule has 2 aliphatic heterocycles. The number of nitrogens with one attached hydrogen (secondary N) is 1. The van der Waals surface area contributed by atoms with Gasteiger partial charge in [0.25, 0.3) is 5.91 Å². The molecule has 1 aromatic heterocycles. The van der Waals surface area contributed by atoms with E-state index in [-0.39, 0.29) is 24.1 Å². The van der Waals surface area contributed by atoms with E-state index in [2.05, 4.69) is 4.98 Å². The molecule has 2 amide bonds. The highest BCUT2D eigenvalue weighted by atomic mass is 19.1. The van der Waals surface area contributed by atoms with E-state index in [0.717, 1.165) is 16.5 Å². The molecule has 2 aliphatic rings. The second-order valence-corrected chi connectivity index (χ2v) is 8.36. The van der Waals surface area contributed by atoms with E-state index in [4.69, 9.17) is 4.74 Å². The van der Waals surface area contributed by atoms with Crippen molar-refractivity contribution < 1.29 is 18.7 Å². The lowest BCUT2D eigenvalue weighted by Gasteiger charge is -2.40. The molecular weight excluding hydrogens is 397 g/mol. The number of aromatic amines is 1. The Morgan fingerprint density at radius 1 is 1.16 bits per heavy atom. The molecule has 2 aromatic carbocycles. The number of carbonyl (C=O) groups is 2. The zero-order valence-electron chi connectivity index (χ0n) is 17.1. The fourth-order valence-corrected chi connectivity index (χ4v) is 4.70. The lowest BCUT2D eigenvalue weighted by atomic mass is 9.94. The smallest absolute Gasteiger partial charge is 0.256 e. The minimum atomic E-state index is -0.580. The van der Waals surface area contributed by atoms with Crippen LogP contribution in [0.25, 0.3) is 10.9 Å². The maximum atomic E-state index is 13.5. The van der Waals surface area contributed by atoms with Crippen LogP contribution in [0.5, 0.6) is 0 Å². The summed E-state index contributed by atoms with van der Waals surface area (Å²) in [6.45, 7) is 2.08. The third-order valence-electron chi connectivity index (χ3n) is 6.40. The standard InChI is InChI=1S/C24H24FN3O3/c25-18-7-5-17(6-8-18)14-28-22(29)9-11-27(15-24(28)10-12-31-16-24)23(30)20-13-26-21-4-2-1-3-19(20)21/h1-8,13,26H,9-12,14-16H2. The largest absolute Gasteiger partial charge is 0.379 e. The van der Waals surface area contributed by atoms with Crippen LogP contribution in [0.15, 0.2) is 54.7 Å². The molecule has 2 saturated heterocycles. The van der Waals surface area contributed by atoms with Gasteiger partial charge in [-0.05, 0) is 30.2 Å². The third-order valence-corrected chi connectivity index (χ3v) is 6.40. The summed E-state index contributed by atoms with van der Waals surface area (Å²) in [6, 6.07) is 13.9. The number of aromatic nitrogens is 1. The monoisotopic (exact) mass is 421 g/mol. The number of hydrogen-bond acceptors (Lipinski definition) is 3. The number of para-hydroxylation sites is 1. The van der Waals surface area contributed by atoms with E-state index in [1.54, 1.807) is 23.2 Å². The average molecular weight is 421 g/mol. The van der Waals surface area contributed by atoms with Gasteiger partial charge >= 0.3 is 0 Å². The van der Waals surface area contributed by atoms with Crippen molar-refractivity contribution in [3.8, 4) is 0 Å². The SMILES string of the molecule is O=C(c1c[nH]c2ccccc12)N1CCC(=O)N(Cc2ccc(F)cc2)C2(CCOC2)C1. The van der Waals surface area contributed by atoms with Gasteiger partial charge in [-0.3, -0.25) is 9.59 Å². The third kappa shape index (κ3) is 3.59. The molecule has 1 spiro atoms. The summed E-state index contributed by atoms with van der Waals surface area (Å²) in [5.74, 6) is -0.399. The highest BCUT2D eigenvalue weighted by Crippen LogP contribution is 2.33. The number of rotatable bonds is 3. The van der Waals surface area contributed by atoms with Crippen molar-refractivity contribution in [3.05, 3.63) is 71.7 Å². The van der Waals surface area contributed by atoms with Gasteiger partial charge in [-0.15, -0.1) is 0 Å². The van der Waals surface area contributed by atoms with Crippen molar-refractivity contribution in [1.29, 1.82) is 0 Å². The van der Waals surface area contributed by atoms with Gasteiger partial charge in [-0.2, -0.15) is 0 Å². The maximum absolute atomic E-state index is 13.5. The lowest BCUT2D eigenvalue weighted by molar-refractivity contribution is -0.137. The maximum Gasteiger partial charge on any atom is 0.256 e. The van der Waals surface area contributed by atoms with E-state index < -0.39 is 5.54 Å². The van der Waals surface area contributed by atoms with Crippen molar-refractivity contribution in [2.75, 3.05) is 26.3 Å². The van der Waals surface area contributed by atoms with Crippen LogP contribution in [-0.2, 0) is 16.1 Å². The molecule has 0 saturated carbocycles. The van der Waals surface area contributed by atoms with Crippen molar-refractivity contribution in [3.63, 3.8) is 0 Å².